The maximum absolute atomic E-state index is 13.4. The predicted octanol–water partition coefficient (Wildman–Crippen LogP) is 6.52. The summed E-state index contributed by atoms with van der Waals surface area (Å²) in [4.78, 5) is 21.6. The Morgan fingerprint density at radius 2 is 2.06 bits per heavy atom. The van der Waals surface area contributed by atoms with E-state index in [4.69, 9.17) is 16.3 Å². The van der Waals surface area contributed by atoms with E-state index in [1.54, 1.807) is 48.8 Å². The zero-order valence-corrected chi connectivity index (χ0v) is 19.7. The highest BCUT2D eigenvalue weighted by Crippen LogP contribution is 2.32. The van der Waals surface area contributed by atoms with Gasteiger partial charge in [0, 0.05) is 51.6 Å². The Morgan fingerprint density at radius 1 is 1.21 bits per heavy atom. The number of anilines is 2. The van der Waals surface area contributed by atoms with E-state index in [1.807, 2.05) is 11.6 Å². The lowest BCUT2D eigenvalue weighted by atomic mass is 10.2. The van der Waals surface area contributed by atoms with E-state index in [-0.39, 0.29) is 12.5 Å². The topological polar surface area (TPSA) is 76.1 Å². The Labute approximate surface area is 203 Å². The first-order chi connectivity index (χ1) is 16.0. The molecule has 3 aromatic heterocycles. The molecule has 33 heavy (non-hydrogen) atoms. The molecule has 4 aromatic rings. The molecule has 168 valence electrons. The van der Waals surface area contributed by atoms with E-state index >= 15 is 0 Å². The second-order valence-corrected chi connectivity index (χ2v) is 8.80. The predicted molar refractivity (Wildman–Crippen MR) is 133 cm³/mol. The lowest BCUT2D eigenvalue weighted by molar-refractivity contribution is 0.103. The van der Waals surface area contributed by atoms with Crippen LogP contribution in [-0.4, -0.2) is 22.1 Å². The van der Waals surface area contributed by atoms with Crippen LogP contribution in [0.3, 0.4) is 0 Å². The molecule has 0 atom stereocenters. The highest BCUT2D eigenvalue weighted by atomic mass is 35.5. The standard InChI is InChI=1S/C23H18ClFN4O2S2/c1-32-29-19-8-16(24)7-18(9-19)28-23(30)21-6-15(13-33-21)22-20(3-2-4-27-22)31-12-14-5-17(25)11-26-10-14/h2-11,13,29H,12H2,1H3,(H,28,30). The van der Waals surface area contributed by atoms with Crippen molar-refractivity contribution in [3.05, 3.63) is 87.7 Å². The van der Waals surface area contributed by atoms with Gasteiger partial charge in [0.05, 0.1) is 11.1 Å². The second kappa shape index (κ2) is 10.7. The molecule has 0 radical (unpaired) electrons. The molecule has 1 amide bonds. The average molecular weight is 501 g/mol. The number of carbonyl (C=O) groups is 1. The molecule has 0 fully saturated rings. The molecule has 0 bridgehead atoms. The molecule has 0 spiro atoms. The minimum absolute atomic E-state index is 0.141. The summed E-state index contributed by atoms with van der Waals surface area (Å²) in [6, 6.07) is 11.9. The van der Waals surface area contributed by atoms with Crippen molar-refractivity contribution in [2.24, 2.45) is 0 Å². The number of pyridine rings is 2. The summed E-state index contributed by atoms with van der Waals surface area (Å²) in [5.74, 6) is -0.158. The van der Waals surface area contributed by atoms with Gasteiger partial charge in [-0.3, -0.25) is 14.8 Å². The normalized spacial score (nSPS) is 10.6. The third kappa shape index (κ3) is 6.01. The molecular formula is C23H18ClFN4O2S2. The SMILES string of the molecule is CSNc1cc(Cl)cc(NC(=O)c2cc(-c3ncccc3OCc3cncc(F)c3)cs2)c1. The Hall–Kier alpha value is -3.14. The monoisotopic (exact) mass is 500 g/mol. The molecular weight excluding hydrogens is 483 g/mol. The third-order valence-corrected chi connectivity index (χ3v) is 5.99. The van der Waals surface area contributed by atoms with Gasteiger partial charge in [-0.15, -0.1) is 11.3 Å². The van der Waals surface area contributed by atoms with Crippen molar-refractivity contribution < 1.29 is 13.9 Å². The van der Waals surface area contributed by atoms with Crippen molar-refractivity contribution in [1.82, 2.24) is 9.97 Å². The molecule has 0 aliphatic carbocycles. The van der Waals surface area contributed by atoms with Gasteiger partial charge >= 0.3 is 0 Å². The first-order valence-electron chi connectivity index (χ1n) is 9.69. The van der Waals surface area contributed by atoms with Crippen molar-refractivity contribution >= 4 is 52.2 Å². The van der Waals surface area contributed by atoms with Crippen molar-refractivity contribution in [1.29, 1.82) is 0 Å². The smallest absolute Gasteiger partial charge is 0.265 e. The molecule has 0 saturated carbocycles. The van der Waals surface area contributed by atoms with Crippen LogP contribution in [0.4, 0.5) is 15.8 Å². The van der Waals surface area contributed by atoms with Crippen molar-refractivity contribution in [3.63, 3.8) is 0 Å². The molecule has 0 aliphatic rings. The van der Waals surface area contributed by atoms with Gasteiger partial charge in [0.2, 0.25) is 0 Å². The Kier molecular flexibility index (Phi) is 7.43. The Bertz CT molecular complexity index is 1280. The molecule has 0 aliphatic heterocycles. The van der Waals surface area contributed by atoms with Crippen LogP contribution in [0, 0.1) is 5.82 Å². The molecule has 4 rings (SSSR count). The number of carbonyl (C=O) groups excluding carboxylic acids is 1. The molecule has 0 unspecified atom stereocenters. The number of rotatable bonds is 8. The third-order valence-electron chi connectivity index (χ3n) is 4.40. The van der Waals surface area contributed by atoms with Gasteiger partial charge in [-0.2, -0.15) is 0 Å². The summed E-state index contributed by atoms with van der Waals surface area (Å²) < 4.78 is 22.3. The number of benzene rings is 1. The fraction of sp³-hybridized carbons (Fsp3) is 0.0870. The second-order valence-electron chi connectivity index (χ2n) is 6.84. The number of nitrogens with zero attached hydrogens (tertiary/aromatic N) is 2. The molecule has 10 heteroatoms. The summed E-state index contributed by atoms with van der Waals surface area (Å²) in [6.07, 6.45) is 6.23. The van der Waals surface area contributed by atoms with E-state index in [0.29, 0.717) is 32.6 Å². The Balaban J connectivity index is 1.50. The van der Waals surface area contributed by atoms with E-state index in [1.165, 1.54) is 29.4 Å². The van der Waals surface area contributed by atoms with Gasteiger partial charge in [0.15, 0.2) is 0 Å². The van der Waals surface area contributed by atoms with E-state index < -0.39 is 5.82 Å². The number of halogens is 2. The van der Waals surface area contributed by atoms with Crippen molar-refractivity contribution in [2.75, 3.05) is 16.3 Å². The highest BCUT2D eigenvalue weighted by Gasteiger charge is 2.15. The number of ether oxygens (including phenoxy) is 1. The largest absolute Gasteiger partial charge is 0.487 e. The molecule has 3 heterocycles. The minimum atomic E-state index is -0.424. The van der Waals surface area contributed by atoms with E-state index in [0.717, 1.165) is 17.4 Å². The van der Waals surface area contributed by atoms with Crippen molar-refractivity contribution in [2.45, 2.75) is 6.61 Å². The number of thiophene rings is 1. The first kappa shape index (κ1) is 23.0. The molecule has 6 nitrogen and oxygen atoms in total. The Morgan fingerprint density at radius 3 is 2.88 bits per heavy atom. The molecule has 2 N–H and O–H groups in total. The van der Waals surface area contributed by atoms with Gasteiger partial charge in [-0.25, -0.2) is 4.39 Å². The zero-order valence-electron chi connectivity index (χ0n) is 17.3. The molecule has 0 saturated heterocycles. The number of aromatic nitrogens is 2. The van der Waals surface area contributed by atoms with Crippen LogP contribution in [0.5, 0.6) is 5.75 Å². The van der Waals surface area contributed by atoms with E-state index in [9.17, 15) is 9.18 Å². The lowest BCUT2D eigenvalue weighted by Gasteiger charge is -2.10. The average Bonchev–Trinajstić information content (AvgIpc) is 3.28. The zero-order chi connectivity index (χ0) is 23.2. The van der Waals surface area contributed by atoms with Gasteiger partial charge in [-0.05, 0) is 42.5 Å². The summed E-state index contributed by atoms with van der Waals surface area (Å²) >= 11 is 8.88. The molecule has 1 aromatic carbocycles. The summed E-state index contributed by atoms with van der Waals surface area (Å²) in [5.41, 5.74) is 3.32. The quantitative estimate of drug-likeness (QED) is 0.268. The first-order valence-corrected chi connectivity index (χ1v) is 12.2. The number of nitrogens with one attached hydrogen (secondary N) is 2. The van der Waals surface area contributed by atoms with Crippen LogP contribution in [0.2, 0.25) is 5.02 Å². The van der Waals surface area contributed by atoms with Crippen LogP contribution in [0.15, 0.2) is 66.4 Å². The van der Waals surface area contributed by atoms with Gasteiger partial charge in [0.1, 0.15) is 23.9 Å². The highest BCUT2D eigenvalue weighted by molar-refractivity contribution is 7.99. The lowest BCUT2D eigenvalue weighted by Crippen LogP contribution is -2.10. The summed E-state index contributed by atoms with van der Waals surface area (Å²) in [7, 11) is 0. The summed E-state index contributed by atoms with van der Waals surface area (Å²) in [5, 5.41) is 5.23. The maximum Gasteiger partial charge on any atom is 0.265 e. The minimum Gasteiger partial charge on any atom is -0.487 e. The van der Waals surface area contributed by atoms with Crippen LogP contribution < -0.4 is 14.8 Å². The number of hydrogen-bond acceptors (Lipinski definition) is 7. The fourth-order valence-electron chi connectivity index (χ4n) is 3.03. The van der Waals surface area contributed by atoms with Crippen LogP contribution in [0.1, 0.15) is 15.2 Å². The van der Waals surface area contributed by atoms with Gasteiger partial charge in [-0.1, -0.05) is 23.5 Å². The van der Waals surface area contributed by atoms with Crippen molar-refractivity contribution in [3.8, 4) is 17.0 Å². The number of amides is 1. The van der Waals surface area contributed by atoms with Crippen LogP contribution >= 0.6 is 34.9 Å². The summed E-state index contributed by atoms with van der Waals surface area (Å²) in [6.45, 7) is 0.141. The maximum atomic E-state index is 13.4. The van der Waals surface area contributed by atoms with Crippen LogP contribution in [-0.2, 0) is 6.61 Å². The van der Waals surface area contributed by atoms with Gasteiger partial charge < -0.3 is 14.8 Å². The van der Waals surface area contributed by atoms with Crippen LogP contribution in [0.25, 0.3) is 11.3 Å². The van der Waals surface area contributed by atoms with E-state index in [2.05, 4.69) is 20.0 Å². The van der Waals surface area contributed by atoms with Gasteiger partial charge in [0.25, 0.3) is 5.91 Å². The number of hydrogen-bond donors (Lipinski definition) is 2. The fourth-order valence-corrected chi connectivity index (χ4v) is 4.41.